The molecule has 0 aromatic heterocycles. The first-order chi connectivity index (χ1) is 8.43. The van der Waals surface area contributed by atoms with Crippen LogP contribution in [0, 0.1) is 0 Å². The van der Waals surface area contributed by atoms with Crippen molar-refractivity contribution in [2.45, 2.75) is 25.3 Å². The number of nitrogens with one attached hydrogen (secondary N) is 2. The third kappa shape index (κ3) is 2.45. The lowest BCUT2D eigenvalue weighted by molar-refractivity contribution is 0.177. The Balaban J connectivity index is 1.68. The number of rotatable bonds is 1. The molecule has 0 unspecified atom stereocenters. The van der Waals surface area contributed by atoms with E-state index in [1.807, 2.05) is 0 Å². The van der Waals surface area contributed by atoms with Crippen molar-refractivity contribution in [2.24, 2.45) is 0 Å². The lowest BCUT2D eigenvalue weighted by atomic mass is 10.0. The molecule has 1 aromatic rings. The van der Waals surface area contributed by atoms with Gasteiger partial charge in [0.15, 0.2) is 0 Å². The van der Waals surface area contributed by atoms with Crippen LogP contribution in [0.2, 0.25) is 0 Å². The van der Waals surface area contributed by atoms with Gasteiger partial charge < -0.3 is 10.6 Å². The smallest absolute Gasteiger partial charge is 0.0680 e. The molecule has 2 N–H and O–H groups in total. The highest BCUT2D eigenvalue weighted by atomic mass is 15.3. The van der Waals surface area contributed by atoms with Gasteiger partial charge >= 0.3 is 0 Å². The molecule has 0 bridgehead atoms. The molecule has 0 saturated carbocycles. The molecule has 2 aliphatic heterocycles. The minimum Gasteiger partial charge on any atom is -0.372 e. The van der Waals surface area contributed by atoms with Crippen LogP contribution in [0.4, 0.5) is 5.69 Å². The summed E-state index contributed by atoms with van der Waals surface area (Å²) in [4.78, 5) is 2.61. The summed E-state index contributed by atoms with van der Waals surface area (Å²) in [6.07, 6.45) is 3.75. The standard InChI is InChI=1S/C14H21N3/c1-2-4-14-12(3-1)7-10-17(11-16-14)13-5-8-15-9-6-13/h1-4,13,15-16H,5-11H2. The summed E-state index contributed by atoms with van der Waals surface area (Å²) in [7, 11) is 0. The Labute approximate surface area is 103 Å². The highest BCUT2D eigenvalue weighted by Crippen LogP contribution is 2.21. The fourth-order valence-corrected chi connectivity index (χ4v) is 2.92. The molecule has 3 nitrogen and oxygen atoms in total. The average molecular weight is 231 g/mol. The molecule has 0 aliphatic carbocycles. The van der Waals surface area contributed by atoms with Crippen molar-refractivity contribution in [2.75, 3.05) is 31.6 Å². The number of anilines is 1. The summed E-state index contributed by atoms with van der Waals surface area (Å²) < 4.78 is 0. The Morgan fingerprint density at radius 1 is 1.12 bits per heavy atom. The fraction of sp³-hybridized carbons (Fsp3) is 0.571. The topological polar surface area (TPSA) is 27.3 Å². The van der Waals surface area contributed by atoms with Crippen molar-refractivity contribution < 1.29 is 0 Å². The van der Waals surface area contributed by atoms with Gasteiger partial charge in [0.05, 0.1) is 6.67 Å². The molecule has 17 heavy (non-hydrogen) atoms. The monoisotopic (exact) mass is 231 g/mol. The van der Waals surface area contributed by atoms with Crippen LogP contribution < -0.4 is 10.6 Å². The van der Waals surface area contributed by atoms with E-state index in [1.165, 1.54) is 50.1 Å². The van der Waals surface area contributed by atoms with E-state index in [9.17, 15) is 0 Å². The molecule has 1 aromatic carbocycles. The van der Waals surface area contributed by atoms with Crippen molar-refractivity contribution in [3.05, 3.63) is 29.8 Å². The second-order valence-electron chi connectivity index (χ2n) is 5.04. The van der Waals surface area contributed by atoms with Gasteiger partial charge in [-0.25, -0.2) is 0 Å². The predicted molar refractivity (Wildman–Crippen MR) is 71.2 cm³/mol. The Hall–Kier alpha value is -1.06. The van der Waals surface area contributed by atoms with E-state index in [0.29, 0.717) is 0 Å². The number of piperidine rings is 1. The molecule has 0 spiro atoms. The van der Waals surface area contributed by atoms with E-state index in [-0.39, 0.29) is 0 Å². The van der Waals surface area contributed by atoms with Crippen LogP contribution in [-0.4, -0.2) is 37.2 Å². The normalized spacial score (nSPS) is 22.6. The van der Waals surface area contributed by atoms with Crippen LogP contribution in [0.1, 0.15) is 18.4 Å². The molecule has 1 fully saturated rings. The molecule has 0 amide bonds. The van der Waals surface area contributed by atoms with Gasteiger partial charge in [0, 0.05) is 18.3 Å². The second-order valence-corrected chi connectivity index (χ2v) is 5.04. The first kappa shape index (κ1) is 11.1. The van der Waals surface area contributed by atoms with Gasteiger partial charge in [0.2, 0.25) is 0 Å². The van der Waals surface area contributed by atoms with Gasteiger partial charge in [-0.2, -0.15) is 0 Å². The quantitative estimate of drug-likeness (QED) is 0.770. The minimum atomic E-state index is 0.762. The summed E-state index contributed by atoms with van der Waals surface area (Å²) in [6, 6.07) is 9.46. The molecule has 1 saturated heterocycles. The molecule has 2 heterocycles. The minimum absolute atomic E-state index is 0.762. The van der Waals surface area contributed by atoms with Crippen molar-refractivity contribution >= 4 is 5.69 Å². The van der Waals surface area contributed by atoms with Crippen molar-refractivity contribution in [1.29, 1.82) is 0 Å². The van der Waals surface area contributed by atoms with E-state index in [1.54, 1.807) is 0 Å². The van der Waals surface area contributed by atoms with E-state index in [0.717, 1.165) is 12.7 Å². The lowest BCUT2D eigenvalue weighted by Crippen LogP contribution is -2.45. The van der Waals surface area contributed by atoms with E-state index in [2.05, 4.69) is 39.8 Å². The Bertz CT molecular complexity index is 344. The number of para-hydroxylation sites is 1. The molecule has 3 rings (SSSR count). The maximum Gasteiger partial charge on any atom is 0.0680 e. The number of benzene rings is 1. The van der Waals surface area contributed by atoms with E-state index < -0.39 is 0 Å². The zero-order chi connectivity index (χ0) is 11.5. The number of fused-ring (bicyclic) bond motifs is 1. The number of nitrogens with zero attached hydrogens (tertiary/aromatic N) is 1. The number of hydrogen-bond donors (Lipinski definition) is 2. The first-order valence-corrected chi connectivity index (χ1v) is 6.70. The Kier molecular flexibility index (Phi) is 3.29. The summed E-state index contributed by atoms with van der Waals surface area (Å²) in [5, 5.41) is 7.02. The van der Waals surface area contributed by atoms with Crippen molar-refractivity contribution in [3.8, 4) is 0 Å². The van der Waals surface area contributed by atoms with Crippen LogP contribution >= 0.6 is 0 Å². The predicted octanol–water partition coefficient (Wildman–Crippen LogP) is 1.67. The van der Waals surface area contributed by atoms with Crippen LogP contribution in [-0.2, 0) is 6.42 Å². The second kappa shape index (κ2) is 5.07. The van der Waals surface area contributed by atoms with Crippen LogP contribution in [0.25, 0.3) is 0 Å². The average Bonchev–Trinajstić information content (AvgIpc) is 2.62. The zero-order valence-electron chi connectivity index (χ0n) is 10.3. The summed E-state index contributed by atoms with van der Waals surface area (Å²) in [5.41, 5.74) is 2.79. The zero-order valence-corrected chi connectivity index (χ0v) is 10.3. The van der Waals surface area contributed by atoms with Gasteiger partial charge in [-0.15, -0.1) is 0 Å². The fourth-order valence-electron chi connectivity index (χ4n) is 2.92. The van der Waals surface area contributed by atoms with Crippen LogP contribution in [0.3, 0.4) is 0 Å². The maximum absolute atomic E-state index is 3.58. The summed E-state index contributed by atoms with van der Waals surface area (Å²) >= 11 is 0. The summed E-state index contributed by atoms with van der Waals surface area (Å²) in [5.74, 6) is 0. The van der Waals surface area contributed by atoms with E-state index in [4.69, 9.17) is 0 Å². The molecule has 0 radical (unpaired) electrons. The largest absolute Gasteiger partial charge is 0.372 e. The Morgan fingerprint density at radius 2 is 1.94 bits per heavy atom. The third-order valence-electron chi connectivity index (χ3n) is 3.98. The SMILES string of the molecule is c1ccc2c(c1)CCN(C1CCNCC1)CN2. The van der Waals surface area contributed by atoms with Crippen LogP contribution in [0.15, 0.2) is 24.3 Å². The maximum atomic E-state index is 3.58. The van der Waals surface area contributed by atoms with Crippen molar-refractivity contribution in [1.82, 2.24) is 10.2 Å². The Morgan fingerprint density at radius 3 is 2.82 bits per heavy atom. The van der Waals surface area contributed by atoms with Crippen molar-refractivity contribution in [3.63, 3.8) is 0 Å². The highest BCUT2D eigenvalue weighted by molar-refractivity contribution is 5.51. The van der Waals surface area contributed by atoms with Gasteiger partial charge in [0.1, 0.15) is 0 Å². The van der Waals surface area contributed by atoms with Gasteiger partial charge in [-0.1, -0.05) is 18.2 Å². The third-order valence-corrected chi connectivity index (χ3v) is 3.98. The van der Waals surface area contributed by atoms with Crippen LogP contribution in [0.5, 0.6) is 0 Å². The lowest BCUT2D eigenvalue weighted by Gasteiger charge is -2.33. The molecular formula is C14H21N3. The molecule has 2 aliphatic rings. The molecular weight excluding hydrogens is 210 g/mol. The summed E-state index contributed by atoms with van der Waals surface area (Å²) in [6.45, 7) is 4.54. The molecule has 92 valence electrons. The molecule has 0 atom stereocenters. The first-order valence-electron chi connectivity index (χ1n) is 6.70. The van der Waals surface area contributed by atoms with Gasteiger partial charge in [0.25, 0.3) is 0 Å². The van der Waals surface area contributed by atoms with E-state index >= 15 is 0 Å². The molecule has 3 heteroatoms. The van der Waals surface area contributed by atoms with Gasteiger partial charge in [-0.3, -0.25) is 4.90 Å². The van der Waals surface area contributed by atoms with Gasteiger partial charge in [-0.05, 0) is 44.0 Å². The number of hydrogen-bond acceptors (Lipinski definition) is 3. The highest BCUT2D eigenvalue weighted by Gasteiger charge is 2.22.